The second kappa shape index (κ2) is 12.9. The third-order valence-electron chi connectivity index (χ3n) is 7.20. The van der Waals surface area contributed by atoms with Crippen LogP contribution in [0.15, 0.2) is 48.7 Å². The number of hydrogen-bond donors (Lipinski definition) is 1. The number of piperidine rings is 1. The summed E-state index contributed by atoms with van der Waals surface area (Å²) >= 11 is 0. The number of nitrogens with zero attached hydrogens (tertiary/aromatic N) is 2. The minimum atomic E-state index is -0.470. The lowest BCUT2D eigenvalue weighted by Gasteiger charge is -2.25. The Labute approximate surface area is 230 Å². The number of benzene rings is 1. The average Bonchev–Trinajstić information content (AvgIpc) is 3.32. The van der Waals surface area contributed by atoms with Crippen LogP contribution in [0, 0.1) is 0 Å². The molecule has 39 heavy (non-hydrogen) atoms. The van der Waals surface area contributed by atoms with Crippen molar-refractivity contribution in [3.8, 4) is 5.75 Å². The third-order valence-corrected chi connectivity index (χ3v) is 7.20. The molecule has 0 spiro atoms. The van der Waals surface area contributed by atoms with Gasteiger partial charge in [0.25, 0.3) is 5.91 Å². The number of carbonyl (C=O) groups excluding carboxylic acids is 3. The van der Waals surface area contributed by atoms with Crippen LogP contribution in [0.2, 0.25) is 0 Å². The summed E-state index contributed by atoms with van der Waals surface area (Å²) in [5, 5.41) is 3.35. The lowest BCUT2D eigenvalue weighted by Crippen LogP contribution is -2.41. The van der Waals surface area contributed by atoms with E-state index in [4.69, 9.17) is 9.47 Å². The van der Waals surface area contributed by atoms with Crippen LogP contribution in [0.25, 0.3) is 5.52 Å². The number of methoxy groups -OCH3 is 1. The van der Waals surface area contributed by atoms with Gasteiger partial charge in [0.1, 0.15) is 18.4 Å². The molecule has 1 atom stereocenters. The van der Waals surface area contributed by atoms with Gasteiger partial charge in [0, 0.05) is 35.4 Å². The number of aryl methyl sites for hydroxylation is 1. The number of pyridine rings is 1. The van der Waals surface area contributed by atoms with Gasteiger partial charge in [0.15, 0.2) is 0 Å². The van der Waals surface area contributed by atoms with Crippen molar-refractivity contribution in [3.63, 3.8) is 0 Å². The number of rotatable bonds is 11. The van der Waals surface area contributed by atoms with Gasteiger partial charge >= 0.3 is 5.97 Å². The molecule has 1 aliphatic heterocycles. The predicted octanol–water partition coefficient (Wildman–Crippen LogP) is 4.67. The van der Waals surface area contributed by atoms with Gasteiger partial charge in [-0.1, -0.05) is 13.3 Å². The van der Waals surface area contributed by atoms with Crippen LogP contribution in [0.1, 0.15) is 78.4 Å². The Kier molecular flexibility index (Phi) is 9.41. The number of hydrogen-bond acceptors (Lipinski definition) is 6. The number of carbonyl (C=O) groups is 3. The second-order valence-electron chi connectivity index (χ2n) is 10.4. The Balaban J connectivity index is 1.62. The highest BCUT2D eigenvalue weighted by Crippen LogP contribution is 2.25. The maximum atomic E-state index is 13.8. The quantitative estimate of drug-likeness (QED) is 0.285. The van der Waals surface area contributed by atoms with E-state index in [0.717, 1.165) is 62.0 Å². The van der Waals surface area contributed by atoms with Crippen molar-refractivity contribution < 1.29 is 23.9 Å². The molecular formula is C31H39N3O5. The average molecular weight is 534 g/mol. The van der Waals surface area contributed by atoms with E-state index >= 15 is 0 Å². The lowest BCUT2D eigenvalue weighted by atomic mass is 10.0. The fourth-order valence-electron chi connectivity index (χ4n) is 4.97. The molecule has 3 heterocycles. The first kappa shape index (κ1) is 28.4. The molecule has 3 aromatic rings. The summed E-state index contributed by atoms with van der Waals surface area (Å²) in [4.78, 5) is 40.4. The number of esters is 1. The zero-order chi connectivity index (χ0) is 27.9. The molecule has 208 valence electrons. The fourth-order valence-corrected chi connectivity index (χ4v) is 4.97. The molecule has 1 saturated heterocycles. The Bertz CT molecular complexity index is 1310. The topological polar surface area (TPSA) is 89.4 Å². The number of fused-ring (bicyclic) bond motifs is 1. The maximum Gasteiger partial charge on any atom is 0.325 e. The maximum absolute atomic E-state index is 13.8. The standard InChI is InChI=1S/C31H39N3O5/c1-5-6-8-23-17-25-18-24(31(37)34(21(2)3)20-28(35)38-4)14-16-33(25)29(23)30(36)22-10-12-26(13-11-22)39-27-9-7-15-32-19-27/h10-14,16-18,21,27,32H,5-9,15,19-20H2,1-4H3/t27-/m1/s1. The molecule has 1 fully saturated rings. The molecule has 1 aliphatic rings. The van der Waals surface area contributed by atoms with Gasteiger partial charge in [0.2, 0.25) is 5.78 Å². The first-order chi connectivity index (χ1) is 18.8. The Morgan fingerprint density at radius 3 is 2.51 bits per heavy atom. The van der Waals surface area contributed by atoms with Crippen LogP contribution < -0.4 is 10.1 Å². The first-order valence-corrected chi connectivity index (χ1v) is 13.9. The van der Waals surface area contributed by atoms with Gasteiger partial charge < -0.3 is 24.1 Å². The van der Waals surface area contributed by atoms with Crippen LogP contribution in [0.3, 0.4) is 0 Å². The van der Waals surface area contributed by atoms with Crippen molar-refractivity contribution in [2.24, 2.45) is 0 Å². The number of unbranched alkanes of at least 4 members (excludes halogenated alkanes) is 1. The summed E-state index contributed by atoms with van der Waals surface area (Å²) in [5.74, 6) is -0.0370. The smallest absolute Gasteiger partial charge is 0.325 e. The monoisotopic (exact) mass is 533 g/mol. The first-order valence-electron chi connectivity index (χ1n) is 13.9. The molecule has 8 nitrogen and oxygen atoms in total. The van der Waals surface area contributed by atoms with Crippen LogP contribution in [0.5, 0.6) is 5.75 Å². The number of ether oxygens (including phenoxy) is 2. The Hall–Kier alpha value is -3.65. The molecule has 0 bridgehead atoms. The Morgan fingerprint density at radius 2 is 1.87 bits per heavy atom. The second-order valence-corrected chi connectivity index (χ2v) is 10.4. The van der Waals surface area contributed by atoms with Crippen LogP contribution in [-0.2, 0) is 16.0 Å². The molecule has 1 aromatic carbocycles. The molecule has 0 radical (unpaired) electrons. The molecule has 0 unspecified atom stereocenters. The summed E-state index contributed by atoms with van der Waals surface area (Å²) in [5.41, 5.74) is 3.37. The van der Waals surface area contributed by atoms with E-state index in [0.29, 0.717) is 16.8 Å². The zero-order valence-electron chi connectivity index (χ0n) is 23.4. The molecule has 1 amide bonds. The minimum Gasteiger partial charge on any atom is -0.489 e. The number of aromatic nitrogens is 1. The van der Waals surface area contributed by atoms with E-state index < -0.39 is 5.97 Å². The van der Waals surface area contributed by atoms with E-state index in [-0.39, 0.29) is 30.4 Å². The highest BCUT2D eigenvalue weighted by Gasteiger charge is 2.24. The van der Waals surface area contributed by atoms with Gasteiger partial charge in [-0.3, -0.25) is 14.4 Å². The molecule has 0 aliphatic carbocycles. The van der Waals surface area contributed by atoms with Gasteiger partial charge in [-0.25, -0.2) is 0 Å². The van der Waals surface area contributed by atoms with E-state index in [1.54, 1.807) is 18.3 Å². The van der Waals surface area contributed by atoms with Crippen LogP contribution in [0.4, 0.5) is 0 Å². The summed E-state index contributed by atoms with van der Waals surface area (Å²) in [6, 6.07) is 12.7. The lowest BCUT2D eigenvalue weighted by molar-refractivity contribution is -0.141. The van der Waals surface area contributed by atoms with Crippen molar-refractivity contribution in [3.05, 3.63) is 71.0 Å². The Morgan fingerprint density at radius 1 is 1.10 bits per heavy atom. The number of ketones is 1. The van der Waals surface area contributed by atoms with Gasteiger partial charge in [-0.2, -0.15) is 0 Å². The van der Waals surface area contributed by atoms with Crippen molar-refractivity contribution in [2.45, 2.75) is 65.0 Å². The van der Waals surface area contributed by atoms with Crippen LogP contribution >= 0.6 is 0 Å². The summed E-state index contributed by atoms with van der Waals surface area (Å²) < 4.78 is 12.7. The number of amides is 1. The summed E-state index contributed by atoms with van der Waals surface area (Å²) in [6.45, 7) is 7.58. The van der Waals surface area contributed by atoms with Crippen molar-refractivity contribution >= 4 is 23.2 Å². The van der Waals surface area contributed by atoms with E-state index in [1.165, 1.54) is 12.0 Å². The van der Waals surface area contributed by atoms with Gasteiger partial charge in [-0.15, -0.1) is 0 Å². The highest BCUT2D eigenvalue weighted by molar-refractivity contribution is 6.10. The van der Waals surface area contributed by atoms with Crippen LogP contribution in [-0.4, -0.2) is 65.9 Å². The molecular weight excluding hydrogens is 494 g/mol. The summed E-state index contributed by atoms with van der Waals surface area (Å²) in [7, 11) is 1.31. The van der Waals surface area contributed by atoms with E-state index in [1.807, 2.05) is 48.6 Å². The van der Waals surface area contributed by atoms with Crippen molar-refractivity contribution in [1.29, 1.82) is 0 Å². The van der Waals surface area contributed by atoms with Crippen molar-refractivity contribution in [1.82, 2.24) is 14.6 Å². The normalized spacial score (nSPS) is 15.4. The SMILES string of the molecule is CCCCc1cc2cc(C(=O)N(CC(=O)OC)C(C)C)ccn2c1C(=O)c1ccc(O[C@@H]2CCCNC2)cc1. The minimum absolute atomic E-state index is 0.0689. The van der Waals surface area contributed by atoms with Gasteiger partial charge in [0.05, 0.1) is 12.8 Å². The fraction of sp³-hybridized carbons (Fsp3) is 0.452. The van der Waals surface area contributed by atoms with Gasteiger partial charge in [-0.05, 0) is 94.1 Å². The highest BCUT2D eigenvalue weighted by atomic mass is 16.5. The number of nitrogens with one attached hydrogen (secondary N) is 1. The molecule has 8 heteroatoms. The largest absolute Gasteiger partial charge is 0.489 e. The molecule has 4 rings (SSSR count). The third kappa shape index (κ3) is 6.68. The predicted molar refractivity (Wildman–Crippen MR) is 151 cm³/mol. The van der Waals surface area contributed by atoms with E-state index in [2.05, 4.69) is 12.2 Å². The molecule has 2 aromatic heterocycles. The van der Waals surface area contributed by atoms with Crippen molar-refractivity contribution in [2.75, 3.05) is 26.7 Å². The molecule has 0 saturated carbocycles. The molecule has 1 N–H and O–H groups in total. The zero-order valence-corrected chi connectivity index (χ0v) is 23.4. The summed E-state index contributed by atoms with van der Waals surface area (Å²) in [6.07, 6.45) is 6.75. The van der Waals surface area contributed by atoms with E-state index in [9.17, 15) is 14.4 Å².